The topological polar surface area (TPSA) is 32.3 Å². The van der Waals surface area contributed by atoms with Gasteiger partial charge in [-0.25, -0.2) is 4.39 Å². The molecule has 0 bridgehead atoms. The molecule has 0 aromatic heterocycles. The van der Waals surface area contributed by atoms with Gasteiger partial charge in [-0.15, -0.1) is 0 Å². The van der Waals surface area contributed by atoms with Crippen molar-refractivity contribution in [2.24, 2.45) is 0 Å². The molecule has 1 heterocycles. The Morgan fingerprint density at radius 2 is 2.18 bits per heavy atom. The van der Waals surface area contributed by atoms with Gasteiger partial charge in [0.15, 0.2) is 0 Å². The van der Waals surface area contributed by atoms with Crippen LogP contribution < -0.4 is 5.32 Å². The first-order chi connectivity index (χ1) is 8.18. The summed E-state index contributed by atoms with van der Waals surface area (Å²) in [6.45, 7) is 3.16. The molecule has 0 unspecified atom stereocenters. The standard InChI is InChI=1S/C12H14FIN2O/c13-10-8-9(2-3-11(10)14)12(17)16-6-1-4-15-5-7-16/h2-3,8,15H,1,4-7H2. The highest BCUT2D eigenvalue weighted by Gasteiger charge is 2.17. The van der Waals surface area contributed by atoms with Crippen LogP contribution in [0, 0.1) is 9.39 Å². The Labute approximate surface area is 114 Å². The van der Waals surface area contributed by atoms with Crippen molar-refractivity contribution in [1.29, 1.82) is 0 Å². The van der Waals surface area contributed by atoms with Crippen molar-refractivity contribution in [3.8, 4) is 0 Å². The number of benzene rings is 1. The van der Waals surface area contributed by atoms with E-state index < -0.39 is 0 Å². The van der Waals surface area contributed by atoms with Crippen molar-refractivity contribution >= 4 is 28.5 Å². The molecule has 1 aromatic carbocycles. The highest BCUT2D eigenvalue weighted by atomic mass is 127. The minimum absolute atomic E-state index is 0.0796. The summed E-state index contributed by atoms with van der Waals surface area (Å²) in [5.41, 5.74) is 0.435. The molecule has 2 rings (SSSR count). The highest BCUT2D eigenvalue weighted by Crippen LogP contribution is 2.14. The van der Waals surface area contributed by atoms with Crippen LogP contribution in [-0.4, -0.2) is 37.0 Å². The van der Waals surface area contributed by atoms with Crippen LogP contribution in [0.15, 0.2) is 18.2 Å². The summed E-state index contributed by atoms with van der Waals surface area (Å²) in [4.78, 5) is 13.9. The number of hydrogen-bond donors (Lipinski definition) is 1. The molecule has 1 N–H and O–H groups in total. The Hall–Kier alpha value is -0.690. The molecule has 0 spiro atoms. The van der Waals surface area contributed by atoms with Gasteiger partial charge in [0.25, 0.3) is 5.91 Å². The Bertz CT molecular complexity index is 417. The molecule has 1 aliphatic rings. The van der Waals surface area contributed by atoms with E-state index in [1.807, 2.05) is 22.6 Å². The van der Waals surface area contributed by atoms with Crippen LogP contribution in [0.5, 0.6) is 0 Å². The van der Waals surface area contributed by atoms with Crippen LogP contribution in [0.1, 0.15) is 16.8 Å². The first kappa shape index (κ1) is 12.8. The third-order valence-corrected chi connectivity index (χ3v) is 3.67. The molecule has 3 nitrogen and oxygen atoms in total. The number of amides is 1. The fourth-order valence-electron chi connectivity index (χ4n) is 1.86. The van der Waals surface area contributed by atoms with Crippen LogP contribution in [0.2, 0.25) is 0 Å². The maximum absolute atomic E-state index is 13.4. The molecule has 1 amide bonds. The van der Waals surface area contributed by atoms with Gasteiger partial charge in [-0.1, -0.05) is 0 Å². The molecule has 0 atom stereocenters. The molecule has 0 radical (unpaired) electrons. The monoisotopic (exact) mass is 348 g/mol. The van der Waals surface area contributed by atoms with Crippen LogP contribution in [0.25, 0.3) is 0 Å². The maximum atomic E-state index is 13.4. The molecular weight excluding hydrogens is 334 g/mol. The largest absolute Gasteiger partial charge is 0.337 e. The Kier molecular flexibility index (Phi) is 4.33. The van der Waals surface area contributed by atoms with Crippen LogP contribution in [0.3, 0.4) is 0 Å². The lowest BCUT2D eigenvalue weighted by atomic mass is 10.2. The van der Waals surface area contributed by atoms with E-state index in [0.717, 1.165) is 26.1 Å². The summed E-state index contributed by atoms with van der Waals surface area (Å²) in [5.74, 6) is -0.409. The van der Waals surface area contributed by atoms with E-state index in [0.29, 0.717) is 15.7 Å². The Morgan fingerprint density at radius 3 is 2.94 bits per heavy atom. The minimum atomic E-state index is -0.329. The second-order valence-electron chi connectivity index (χ2n) is 4.02. The molecule has 1 fully saturated rings. The van der Waals surface area contributed by atoms with Gasteiger partial charge in [0.05, 0.1) is 0 Å². The van der Waals surface area contributed by atoms with Gasteiger partial charge in [-0.2, -0.15) is 0 Å². The number of carbonyl (C=O) groups is 1. The lowest BCUT2D eigenvalue weighted by molar-refractivity contribution is 0.0766. The predicted octanol–water partition coefficient (Wildman–Crippen LogP) is 1.87. The average Bonchev–Trinajstić information content (AvgIpc) is 2.60. The van der Waals surface area contributed by atoms with Gasteiger partial charge in [0.2, 0.25) is 0 Å². The smallest absolute Gasteiger partial charge is 0.254 e. The summed E-state index contributed by atoms with van der Waals surface area (Å²) < 4.78 is 13.9. The van der Waals surface area contributed by atoms with E-state index >= 15 is 0 Å². The quantitative estimate of drug-likeness (QED) is 0.786. The number of rotatable bonds is 1. The predicted molar refractivity (Wildman–Crippen MR) is 72.5 cm³/mol. The summed E-state index contributed by atoms with van der Waals surface area (Å²) in [7, 11) is 0. The third kappa shape index (κ3) is 3.16. The van der Waals surface area contributed by atoms with Crippen LogP contribution in [-0.2, 0) is 0 Å². The number of carbonyl (C=O) groups excluding carboxylic acids is 1. The molecule has 1 aliphatic heterocycles. The zero-order valence-electron chi connectivity index (χ0n) is 9.38. The highest BCUT2D eigenvalue weighted by molar-refractivity contribution is 14.1. The summed E-state index contributed by atoms with van der Waals surface area (Å²) >= 11 is 1.92. The van der Waals surface area contributed by atoms with E-state index in [2.05, 4.69) is 5.32 Å². The number of nitrogens with one attached hydrogen (secondary N) is 1. The van der Waals surface area contributed by atoms with E-state index in [9.17, 15) is 9.18 Å². The van der Waals surface area contributed by atoms with Crippen molar-refractivity contribution in [2.75, 3.05) is 26.2 Å². The van der Waals surface area contributed by atoms with E-state index in [4.69, 9.17) is 0 Å². The van der Waals surface area contributed by atoms with Gasteiger partial charge >= 0.3 is 0 Å². The van der Waals surface area contributed by atoms with Crippen molar-refractivity contribution < 1.29 is 9.18 Å². The summed E-state index contributed by atoms with van der Waals surface area (Å²) in [5, 5.41) is 3.23. The normalized spacial score (nSPS) is 16.7. The fourth-order valence-corrected chi connectivity index (χ4v) is 2.20. The van der Waals surface area contributed by atoms with Gasteiger partial charge in [0, 0.05) is 28.8 Å². The van der Waals surface area contributed by atoms with E-state index in [1.54, 1.807) is 17.0 Å². The minimum Gasteiger partial charge on any atom is -0.337 e. The molecule has 1 saturated heterocycles. The summed E-state index contributed by atoms with van der Waals surface area (Å²) in [6.07, 6.45) is 0.943. The zero-order valence-corrected chi connectivity index (χ0v) is 11.5. The molecule has 1 aromatic rings. The molecule has 5 heteroatoms. The van der Waals surface area contributed by atoms with Gasteiger partial charge in [0.1, 0.15) is 5.82 Å². The van der Waals surface area contributed by atoms with Crippen molar-refractivity contribution in [3.05, 3.63) is 33.1 Å². The number of nitrogens with zero attached hydrogens (tertiary/aromatic N) is 1. The molecule has 92 valence electrons. The number of halogens is 2. The first-order valence-corrected chi connectivity index (χ1v) is 6.71. The molecular formula is C12H14FIN2O. The second-order valence-corrected chi connectivity index (χ2v) is 5.19. The lowest BCUT2D eigenvalue weighted by Crippen LogP contribution is -2.34. The molecule has 0 saturated carbocycles. The van der Waals surface area contributed by atoms with Gasteiger partial charge in [-0.3, -0.25) is 4.79 Å². The lowest BCUT2D eigenvalue weighted by Gasteiger charge is -2.20. The zero-order chi connectivity index (χ0) is 12.3. The van der Waals surface area contributed by atoms with Gasteiger partial charge < -0.3 is 10.2 Å². The first-order valence-electron chi connectivity index (χ1n) is 5.63. The molecule has 17 heavy (non-hydrogen) atoms. The van der Waals surface area contributed by atoms with Crippen molar-refractivity contribution in [1.82, 2.24) is 10.2 Å². The van der Waals surface area contributed by atoms with E-state index in [-0.39, 0.29) is 11.7 Å². The summed E-state index contributed by atoms with van der Waals surface area (Å²) in [6, 6.07) is 4.65. The van der Waals surface area contributed by atoms with Crippen molar-refractivity contribution in [3.63, 3.8) is 0 Å². The van der Waals surface area contributed by atoms with Crippen LogP contribution in [0.4, 0.5) is 4.39 Å². The van der Waals surface area contributed by atoms with Crippen molar-refractivity contribution in [2.45, 2.75) is 6.42 Å². The SMILES string of the molecule is O=C(c1ccc(I)c(F)c1)N1CCCNCC1. The third-order valence-electron chi connectivity index (χ3n) is 2.79. The molecule has 0 aliphatic carbocycles. The van der Waals surface area contributed by atoms with Gasteiger partial charge in [-0.05, 0) is 53.8 Å². The second kappa shape index (κ2) is 5.77. The number of hydrogen-bond acceptors (Lipinski definition) is 2. The van der Waals surface area contributed by atoms with Crippen LogP contribution >= 0.6 is 22.6 Å². The Balaban J connectivity index is 2.14. The fraction of sp³-hybridized carbons (Fsp3) is 0.417. The maximum Gasteiger partial charge on any atom is 0.254 e. The Morgan fingerprint density at radius 1 is 1.35 bits per heavy atom. The van der Waals surface area contributed by atoms with E-state index in [1.165, 1.54) is 6.07 Å². The average molecular weight is 348 g/mol.